The van der Waals surface area contributed by atoms with Crippen LogP contribution in [0.25, 0.3) is 10.9 Å². The van der Waals surface area contributed by atoms with Gasteiger partial charge in [0, 0.05) is 48.6 Å². The highest BCUT2D eigenvalue weighted by molar-refractivity contribution is 6.32. The fraction of sp³-hybridized carbons (Fsp3) is 0.444. The smallest absolute Gasteiger partial charge is 0.128 e. The highest BCUT2D eigenvalue weighted by atomic mass is 35.5. The van der Waals surface area contributed by atoms with E-state index in [4.69, 9.17) is 16.3 Å². The second kappa shape index (κ2) is 11.7. The summed E-state index contributed by atoms with van der Waals surface area (Å²) in [5, 5.41) is 25.6. The third-order valence-corrected chi connectivity index (χ3v) is 7.52. The predicted octanol–water partition coefficient (Wildman–Crippen LogP) is 5.18. The van der Waals surface area contributed by atoms with Crippen LogP contribution < -0.4 is 10.1 Å². The minimum atomic E-state index is -0.799. The number of anilines is 1. The maximum atomic E-state index is 13.4. The second-order valence-electron chi connectivity index (χ2n) is 9.54. The number of methoxy groups -OCH3 is 1. The molecule has 0 saturated carbocycles. The van der Waals surface area contributed by atoms with Gasteiger partial charge in [-0.2, -0.15) is 0 Å². The molecule has 9 heteroatoms. The largest absolute Gasteiger partial charge is 0.497 e. The Morgan fingerprint density at radius 2 is 1.89 bits per heavy atom. The number of hydrogen-bond acceptors (Lipinski definition) is 6. The van der Waals surface area contributed by atoms with E-state index in [-0.39, 0.29) is 12.0 Å². The van der Waals surface area contributed by atoms with Crippen molar-refractivity contribution in [2.45, 2.75) is 31.8 Å². The van der Waals surface area contributed by atoms with Crippen molar-refractivity contribution in [1.82, 2.24) is 9.88 Å². The third-order valence-electron chi connectivity index (χ3n) is 7.22. The topological polar surface area (TPSA) is 77.8 Å². The molecular weight excluding hydrogens is 488 g/mol. The number of benzene rings is 2. The summed E-state index contributed by atoms with van der Waals surface area (Å²) in [5.41, 5.74) is 1.51. The molecule has 0 radical (unpaired) electrons. The Morgan fingerprint density at radius 1 is 1.17 bits per heavy atom. The summed E-state index contributed by atoms with van der Waals surface area (Å²) in [6.45, 7) is 2.93. The van der Waals surface area contributed by atoms with E-state index in [0.29, 0.717) is 41.4 Å². The molecule has 0 aliphatic carbocycles. The first-order valence-electron chi connectivity index (χ1n) is 12.2. The maximum Gasteiger partial charge on any atom is 0.128 e. The molecule has 4 rings (SSSR count). The zero-order valence-electron chi connectivity index (χ0n) is 20.3. The molecule has 1 atom stereocenters. The van der Waals surface area contributed by atoms with Gasteiger partial charge in [0.25, 0.3) is 0 Å². The van der Waals surface area contributed by atoms with Crippen LogP contribution in [0.1, 0.15) is 37.4 Å². The second-order valence-corrected chi connectivity index (χ2v) is 9.95. The number of nitrogens with zero attached hydrogens (tertiary/aromatic N) is 2. The number of piperidine rings is 1. The van der Waals surface area contributed by atoms with Crippen molar-refractivity contribution >= 4 is 28.2 Å². The Kier molecular flexibility index (Phi) is 8.62. The summed E-state index contributed by atoms with van der Waals surface area (Å²) in [6.07, 6.45) is 3.47. The molecule has 0 amide bonds. The molecule has 36 heavy (non-hydrogen) atoms. The van der Waals surface area contributed by atoms with Gasteiger partial charge in [-0.1, -0.05) is 11.6 Å². The van der Waals surface area contributed by atoms with Crippen LogP contribution in [0.2, 0.25) is 5.02 Å². The lowest BCUT2D eigenvalue weighted by atomic mass is 9.74. The predicted molar refractivity (Wildman–Crippen MR) is 138 cm³/mol. The van der Waals surface area contributed by atoms with Crippen molar-refractivity contribution in [2.75, 3.05) is 45.2 Å². The van der Waals surface area contributed by atoms with Crippen LogP contribution in [-0.4, -0.2) is 60.0 Å². The molecule has 0 unspecified atom stereocenters. The van der Waals surface area contributed by atoms with Crippen LogP contribution in [0.4, 0.5) is 14.5 Å². The van der Waals surface area contributed by atoms with E-state index in [1.807, 2.05) is 18.2 Å². The van der Waals surface area contributed by atoms with Gasteiger partial charge in [-0.25, -0.2) is 8.78 Å². The minimum absolute atomic E-state index is 0.0486. The molecule has 0 bridgehead atoms. The van der Waals surface area contributed by atoms with Gasteiger partial charge in [0.15, 0.2) is 0 Å². The first-order valence-corrected chi connectivity index (χ1v) is 12.5. The number of nitrogens with one attached hydrogen (secondary N) is 1. The third kappa shape index (κ3) is 6.24. The molecule has 2 aromatic carbocycles. The van der Waals surface area contributed by atoms with E-state index in [0.717, 1.165) is 49.4 Å². The summed E-state index contributed by atoms with van der Waals surface area (Å²) >= 11 is 6.45. The van der Waals surface area contributed by atoms with E-state index in [1.165, 1.54) is 12.1 Å². The van der Waals surface area contributed by atoms with Crippen molar-refractivity contribution in [3.63, 3.8) is 0 Å². The highest BCUT2D eigenvalue weighted by Gasteiger charge is 2.34. The van der Waals surface area contributed by atoms with Crippen LogP contribution >= 0.6 is 11.6 Å². The zero-order valence-corrected chi connectivity index (χ0v) is 21.1. The summed E-state index contributed by atoms with van der Waals surface area (Å²) in [6, 6.07) is 8.89. The lowest BCUT2D eigenvalue weighted by molar-refractivity contribution is 0.0248. The standard InChI is InChI=1S/C27H32ClF2N3O3/c1-36-21-2-3-24-22(15-21)26(23(28)16-32-24)25(35)4-5-27(17-34)6-9-33(10-7-27)11-8-31-20-13-18(29)12-19(30)14-20/h2-3,12-16,25,31,34-35H,4-11,17H2,1H3/t25-/m0/s1. The fourth-order valence-corrected chi connectivity index (χ4v) is 5.25. The summed E-state index contributed by atoms with van der Waals surface area (Å²) in [4.78, 5) is 6.62. The first-order chi connectivity index (χ1) is 17.3. The van der Waals surface area contributed by atoms with Crippen LogP contribution in [0.15, 0.2) is 42.6 Å². The molecular formula is C27H32ClF2N3O3. The fourth-order valence-electron chi connectivity index (χ4n) is 4.97. The van der Waals surface area contributed by atoms with Crippen molar-refractivity contribution in [3.05, 3.63) is 64.8 Å². The number of pyridine rings is 1. The first kappa shape index (κ1) is 26.5. The average Bonchev–Trinajstić information content (AvgIpc) is 2.87. The summed E-state index contributed by atoms with van der Waals surface area (Å²) in [7, 11) is 1.59. The molecule has 1 aliphatic rings. The SMILES string of the molecule is COc1ccc2ncc(Cl)c([C@@H](O)CCC3(CO)CCN(CCNc4cc(F)cc(F)c4)CC3)c2c1. The monoisotopic (exact) mass is 519 g/mol. The number of aliphatic hydroxyl groups excluding tert-OH is 2. The Bertz CT molecular complexity index is 1170. The van der Waals surface area contributed by atoms with E-state index in [2.05, 4.69) is 15.2 Å². The Morgan fingerprint density at radius 3 is 2.56 bits per heavy atom. The molecule has 2 heterocycles. The molecule has 1 fully saturated rings. The lowest BCUT2D eigenvalue weighted by Crippen LogP contribution is -2.43. The molecule has 0 spiro atoms. The van der Waals surface area contributed by atoms with Gasteiger partial charge in [-0.05, 0) is 74.5 Å². The van der Waals surface area contributed by atoms with Crippen LogP contribution in [-0.2, 0) is 0 Å². The molecule has 1 saturated heterocycles. The van der Waals surface area contributed by atoms with Crippen molar-refractivity contribution in [2.24, 2.45) is 5.41 Å². The summed E-state index contributed by atoms with van der Waals surface area (Å²) < 4.78 is 32.0. The number of aliphatic hydroxyl groups is 2. The normalized spacial score (nSPS) is 16.7. The van der Waals surface area contributed by atoms with Crippen LogP contribution in [0, 0.1) is 17.0 Å². The average molecular weight is 520 g/mol. The quantitative estimate of drug-likeness (QED) is 0.343. The minimum Gasteiger partial charge on any atom is -0.497 e. The molecule has 1 aliphatic heterocycles. The Hall–Kier alpha value is -2.52. The Labute approximate surface area is 214 Å². The van der Waals surface area contributed by atoms with E-state index in [1.54, 1.807) is 13.3 Å². The summed E-state index contributed by atoms with van der Waals surface area (Å²) in [5.74, 6) is -0.549. The number of hydrogen-bond donors (Lipinski definition) is 3. The van der Waals surface area contributed by atoms with Crippen molar-refractivity contribution in [3.8, 4) is 5.75 Å². The zero-order chi connectivity index (χ0) is 25.7. The van der Waals surface area contributed by atoms with Crippen molar-refractivity contribution in [1.29, 1.82) is 0 Å². The van der Waals surface area contributed by atoms with Gasteiger partial charge < -0.3 is 25.2 Å². The molecule has 6 nitrogen and oxygen atoms in total. The van der Waals surface area contributed by atoms with Crippen LogP contribution in [0.5, 0.6) is 5.75 Å². The van der Waals surface area contributed by atoms with Gasteiger partial charge in [0.2, 0.25) is 0 Å². The highest BCUT2D eigenvalue weighted by Crippen LogP contribution is 2.40. The molecule has 3 N–H and O–H groups in total. The van der Waals surface area contributed by atoms with E-state index in [9.17, 15) is 19.0 Å². The lowest BCUT2D eigenvalue weighted by Gasteiger charge is -2.41. The van der Waals surface area contributed by atoms with E-state index >= 15 is 0 Å². The number of halogens is 3. The number of rotatable bonds is 10. The maximum absolute atomic E-state index is 13.4. The van der Waals surface area contributed by atoms with Crippen LogP contribution in [0.3, 0.4) is 0 Å². The molecule has 1 aromatic heterocycles. The van der Waals surface area contributed by atoms with Gasteiger partial charge >= 0.3 is 0 Å². The number of aromatic nitrogens is 1. The van der Waals surface area contributed by atoms with Crippen molar-refractivity contribution < 1.29 is 23.7 Å². The number of fused-ring (bicyclic) bond motifs is 1. The van der Waals surface area contributed by atoms with E-state index < -0.39 is 17.7 Å². The molecule has 3 aromatic rings. The number of ether oxygens (including phenoxy) is 1. The molecule has 194 valence electrons. The van der Waals surface area contributed by atoms with Gasteiger partial charge in [-0.3, -0.25) is 4.98 Å². The van der Waals surface area contributed by atoms with Gasteiger partial charge in [-0.15, -0.1) is 0 Å². The van der Waals surface area contributed by atoms with Gasteiger partial charge in [0.05, 0.1) is 23.8 Å². The Balaban J connectivity index is 1.33. The number of likely N-dealkylation sites (tertiary alicyclic amines) is 1. The van der Waals surface area contributed by atoms with Gasteiger partial charge in [0.1, 0.15) is 17.4 Å².